The molecular formula is C21H28N4O5. The van der Waals surface area contributed by atoms with Crippen LogP contribution in [0.15, 0.2) is 0 Å². The largest absolute Gasteiger partial charge is 0.454 e. The smallest absolute Gasteiger partial charge is 0.327 e. The zero-order valence-corrected chi connectivity index (χ0v) is 17.3. The fourth-order valence-electron chi connectivity index (χ4n) is 6.40. The summed E-state index contributed by atoms with van der Waals surface area (Å²) < 4.78 is 5.14. The Morgan fingerprint density at radius 2 is 1.77 bits per heavy atom. The molecule has 162 valence electrons. The van der Waals surface area contributed by atoms with Gasteiger partial charge in [-0.3, -0.25) is 19.3 Å². The molecule has 5 aliphatic rings. The standard InChI is InChI=1S/C21H28N4O5/c1-23-11-17(26)24(20(23)29)12-19(28)30-13-18(27)25(4-2-3-22)21-8-14-5-15(9-21)7-16(6-14)10-21/h14-16H,2,4-13H2,1H3. The van der Waals surface area contributed by atoms with Crippen LogP contribution in [0, 0.1) is 29.1 Å². The molecule has 1 saturated heterocycles. The van der Waals surface area contributed by atoms with E-state index in [1.54, 1.807) is 4.90 Å². The van der Waals surface area contributed by atoms with Gasteiger partial charge in [0.25, 0.3) is 11.8 Å². The Labute approximate surface area is 175 Å². The number of likely N-dealkylation sites (N-methyl/N-ethyl adjacent to an activating group) is 1. The predicted octanol–water partition coefficient (Wildman–Crippen LogP) is 1.13. The molecule has 0 radical (unpaired) electrons. The monoisotopic (exact) mass is 416 g/mol. The molecule has 5 fully saturated rings. The van der Waals surface area contributed by atoms with Gasteiger partial charge >= 0.3 is 12.0 Å². The van der Waals surface area contributed by atoms with Crippen LogP contribution in [0.25, 0.3) is 0 Å². The van der Waals surface area contributed by atoms with Crippen molar-refractivity contribution in [1.29, 1.82) is 5.26 Å². The molecule has 9 nitrogen and oxygen atoms in total. The molecule has 1 heterocycles. The molecule has 4 aliphatic carbocycles. The van der Waals surface area contributed by atoms with Gasteiger partial charge in [-0.2, -0.15) is 5.26 Å². The van der Waals surface area contributed by atoms with Crippen LogP contribution >= 0.6 is 0 Å². The summed E-state index contributed by atoms with van der Waals surface area (Å²) >= 11 is 0. The van der Waals surface area contributed by atoms with Crippen molar-refractivity contribution in [3.63, 3.8) is 0 Å². The van der Waals surface area contributed by atoms with Crippen molar-refractivity contribution in [1.82, 2.24) is 14.7 Å². The van der Waals surface area contributed by atoms with Crippen LogP contribution < -0.4 is 0 Å². The molecule has 4 bridgehead atoms. The lowest BCUT2D eigenvalue weighted by atomic mass is 9.52. The van der Waals surface area contributed by atoms with Gasteiger partial charge in [-0.05, 0) is 56.3 Å². The normalized spacial score (nSPS) is 31.8. The molecule has 0 aromatic rings. The number of urea groups is 1. The van der Waals surface area contributed by atoms with E-state index in [0.29, 0.717) is 24.3 Å². The molecular weight excluding hydrogens is 388 g/mol. The summed E-state index contributed by atoms with van der Waals surface area (Å²) in [5, 5.41) is 9.08. The van der Waals surface area contributed by atoms with Gasteiger partial charge in [-0.25, -0.2) is 4.79 Å². The van der Waals surface area contributed by atoms with Crippen molar-refractivity contribution >= 4 is 23.8 Å². The van der Waals surface area contributed by atoms with Crippen molar-refractivity contribution in [2.75, 3.05) is 33.3 Å². The molecule has 30 heavy (non-hydrogen) atoms. The summed E-state index contributed by atoms with van der Waals surface area (Å²) in [7, 11) is 1.48. The summed E-state index contributed by atoms with van der Waals surface area (Å²) in [6, 6.07) is 1.58. The van der Waals surface area contributed by atoms with Gasteiger partial charge in [0.2, 0.25) is 0 Å². The van der Waals surface area contributed by atoms with Crippen LogP contribution in [-0.4, -0.2) is 77.3 Å². The van der Waals surface area contributed by atoms with Gasteiger partial charge in [-0.15, -0.1) is 0 Å². The number of carbonyl (C=O) groups is 4. The second kappa shape index (κ2) is 7.89. The number of amides is 4. The first-order valence-electron chi connectivity index (χ1n) is 10.7. The zero-order valence-electron chi connectivity index (χ0n) is 17.3. The minimum absolute atomic E-state index is 0.0704. The molecule has 0 N–H and O–H groups in total. The van der Waals surface area contributed by atoms with Crippen molar-refractivity contribution < 1.29 is 23.9 Å². The van der Waals surface area contributed by atoms with E-state index in [9.17, 15) is 19.2 Å². The number of hydrogen-bond acceptors (Lipinski definition) is 6. The number of nitriles is 1. The maximum absolute atomic E-state index is 13.1. The Hall–Kier alpha value is -2.63. The van der Waals surface area contributed by atoms with E-state index in [2.05, 4.69) is 6.07 Å². The van der Waals surface area contributed by atoms with Crippen LogP contribution in [0.5, 0.6) is 0 Å². The fourth-order valence-corrected chi connectivity index (χ4v) is 6.40. The number of esters is 1. The van der Waals surface area contributed by atoms with E-state index in [4.69, 9.17) is 10.00 Å². The highest BCUT2D eigenvalue weighted by Gasteiger charge is 2.54. The molecule has 0 unspecified atom stereocenters. The Balaban J connectivity index is 1.38. The Bertz CT molecular complexity index is 768. The highest BCUT2D eigenvalue weighted by molar-refractivity contribution is 6.04. The van der Waals surface area contributed by atoms with E-state index < -0.39 is 31.1 Å². The average Bonchev–Trinajstić information content (AvgIpc) is 2.91. The highest BCUT2D eigenvalue weighted by Crippen LogP contribution is 2.57. The van der Waals surface area contributed by atoms with Gasteiger partial charge < -0.3 is 14.5 Å². The molecule has 1 aliphatic heterocycles. The number of ether oxygens (including phenoxy) is 1. The second-order valence-corrected chi connectivity index (χ2v) is 9.37. The minimum atomic E-state index is -0.786. The van der Waals surface area contributed by atoms with Gasteiger partial charge in [0.15, 0.2) is 6.61 Å². The summed E-state index contributed by atoms with van der Waals surface area (Å²) in [4.78, 5) is 52.8. The van der Waals surface area contributed by atoms with Crippen molar-refractivity contribution in [2.45, 2.75) is 50.5 Å². The molecule has 9 heteroatoms. The third kappa shape index (κ3) is 3.75. The number of nitrogens with zero attached hydrogens (tertiary/aromatic N) is 4. The van der Waals surface area contributed by atoms with Crippen molar-refractivity contribution in [3.8, 4) is 6.07 Å². The molecule has 4 amide bonds. The maximum atomic E-state index is 13.1. The Morgan fingerprint density at radius 1 is 1.17 bits per heavy atom. The van der Waals surface area contributed by atoms with Gasteiger partial charge in [0.05, 0.1) is 12.5 Å². The third-order valence-electron chi connectivity index (χ3n) is 7.20. The Morgan fingerprint density at radius 3 is 2.27 bits per heavy atom. The van der Waals surface area contributed by atoms with E-state index in [1.165, 1.54) is 31.2 Å². The van der Waals surface area contributed by atoms with Gasteiger partial charge in [-0.1, -0.05) is 0 Å². The van der Waals surface area contributed by atoms with Crippen molar-refractivity contribution in [3.05, 3.63) is 0 Å². The quantitative estimate of drug-likeness (QED) is 0.454. The predicted molar refractivity (Wildman–Crippen MR) is 104 cm³/mol. The number of rotatable bonds is 7. The van der Waals surface area contributed by atoms with Crippen LogP contribution in [0.4, 0.5) is 4.79 Å². The lowest BCUT2D eigenvalue weighted by molar-refractivity contribution is -0.162. The van der Waals surface area contributed by atoms with Crippen LogP contribution in [-0.2, 0) is 19.1 Å². The fraction of sp³-hybridized carbons (Fsp3) is 0.762. The van der Waals surface area contributed by atoms with Crippen molar-refractivity contribution in [2.24, 2.45) is 17.8 Å². The Kier molecular flexibility index (Phi) is 5.43. The summed E-state index contributed by atoms with van der Waals surface area (Å²) in [6.45, 7) is -0.658. The third-order valence-corrected chi connectivity index (χ3v) is 7.20. The lowest BCUT2D eigenvalue weighted by Gasteiger charge is -2.60. The minimum Gasteiger partial charge on any atom is -0.454 e. The molecule has 5 rings (SSSR count). The van der Waals surface area contributed by atoms with E-state index in [0.717, 1.165) is 24.2 Å². The van der Waals surface area contributed by atoms with Crippen LogP contribution in [0.1, 0.15) is 44.9 Å². The average molecular weight is 416 g/mol. The first-order valence-corrected chi connectivity index (χ1v) is 10.7. The van der Waals surface area contributed by atoms with Crippen LogP contribution in [0.2, 0.25) is 0 Å². The summed E-state index contributed by atoms with van der Waals surface area (Å²) in [5.74, 6) is 0.374. The van der Waals surface area contributed by atoms with E-state index in [1.807, 2.05) is 0 Å². The SMILES string of the molecule is CN1CC(=O)N(CC(=O)OCC(=O)N(CCC#N)C23CC4CC(CC(C4)C2)C3)C1=O. The van der Waals surface area contributed by atoms with E-state index >= 15 is 0 Å². The van der Waals surface area contributed by atoms with E-state index in [-0.39, 0.29) is 24.4 Å². The zero-order chi connectivity index (χ0) is 21.5. The summed E-state index contributed by atoms with van der Waals surface area (Å²) in [6.07, 6.45) is 6.85. The molecule has 0 aromatic carbocycles. The molecule has 0 atom stereocenters. The molecule has 4 saturated carbocycles. The topological polar surface area (TPSA) is 111 Å². The lowest BCUT2D eigenvalue weighted by Crippen LogP contribution is -2.62. The highest BCUT2D eigenvalue weighted by atomic mass is 16.5. The molecule has 0 aromatic heterocycles. The first-order chi connectivity index (χ1) is 14.3. The van der Waals surface area contributed by atoms with Crippen LogP contribution in [0.3, 0.4) is 0 Å². The second-order valence-electron chi connectivity index (χ2n) is 9.37. The van der Waals surface area contributed by atoms with Gasteiger partial charge in [0, 0.05) is 19.1 Å². The molecule has 0 spiro atoms. The number of imide groups is 1. The first kappa shape index (κ1) is 20.6. The number of carbonyl (C=O) groups excluding carboxylic acids is 4. The summed E-state index contributed by atoms with van der Waals surface area (Å²) in [5.41, 5.74) is -0.224. The maximum Gasteiger partial charge on any atom is 0.327 e. The number of hydrogen-bond donors (Lipinski definition) is 0. The van der Waals surface area contributed by atoms with Gasteiger partial charge in [0.1, 0.15) is 13.1 Å².